The Labute approximate surface area is 117 Å². The maximum absolute atomic E-state index is 5.90. The van der Waals surface area contributed by atoms with Crippen molar-refractivity contribution in [1.82, 2.24) is 5.32 Å². The second kappa shape index (κ2) is 8.00. The molecule has 1 unspecified atom stereocenters. The molecule has 1 N–H and O–H groups in total. The van der Waals surface area contributed by atoms with Crippen LogP contribution in [0, 0.1) is 6.92 Å². The highest BCUT2D eigenvalue weighted by atomic mass is 16.5. The molecule has 2 heteroatoms. The zero-order chi connectivity index (χ0) is 14.3. The van der Waals surface area contributed by atoms with Gasteiger partial charge in [-0.25, -0.2) is 0 Å². The van der Waals surface area contributed by atoms with Crippen LogP contribution in [0.1, 0.15) is 50.8 Å². The standard InChI is InChI=1S/C17H27NO/c1-6-10-18-15(5)16-12-14(4)7-8-17(16)19-11-9-13(2)3/h7-8,12,15,18H,2,6,9-11H2,1,3-5H3. The Balaban J connectivity index is 2.75. The predicted octanol–water partition coefficient (Wildman–Crippen LogP) is 4.40. The SMILES string of the molecule is C=C(C)CCOc1ccc(C)cc1C(C)NCCC. The molecular weight excluding hydrogens is 234 g/mol. The Kier molecular flexibility index (Phi) is 6.65. The van der Waals surface area contributed by atoms with E-state index >= 15 is 0 Å². The maximum Gasteiger partial charge on any atom is 0.124 e. The zero-order valence-corrected chi connectivity index (χ0v) is 12.8. The lowest BCUT2D eigenvalue weighted by molar-refractivity contribution is 0.315. The molecule has 1 aromatic rings. The Morgan fingerprint density at radius 3 is 2.79 bits per heavy atom. The lowest BCUT2D eigenvalue weighted by Gasteiger charge is -2.19. The van der Waals surface area contributed by atoms with E-state index in [0.717, 1.165) is 30.7 Å². The normalized spacial score (nSPS) is 12.2. The van der Waals surface area contributed by atoms with E-state index in [4.69, 9.17) is 4.74 Å². The molecule has 0 aromatic heterocycles. The first-order chi connectivity index (χ1) is 9.04. The summed E-state index contributed by atoms with van der Waals surface area (Å²) in [5, 5.41) is 3.52. The van der Waals surface area contributed by atoms with Crippen LogP contribution in [0.3, 0.4) is 0 Å². The van der Waals surface area contributed by atoms with Crippen molar-refractivity contribution in [3.63, 3.8) is 0 Å². The van der Waals surface area contributed by atoms with Crippen molar-refractivity contribution >= 4 is 0 Å². The predicted molar refractivity (Wildman–Crippen MR) is 82.8 cm³/mol. The van der Waals surface area contributed by atoms with Gasteiger partial charge in [0.15, 0.2) is 0 Å². The molecule has 1 rings (SSSR count). The summed E-state index contributed by atoms with van der Waals surface area (Å²) in [4.78, 5) is 0. The van der Waals surface area contributed by atoms with Crippen LogP contribution in [-0.2, 0) is 0 Å². The zero-order valence-electron chi connectivity index (χ0n) is 12.8. The molecule has 0 aliphatic carbocycles. The van der Waals surface area contributed by atoms with Gasteiger partial charge in [-0.2, -0.15) is 0 Å². The minimum absolute atomic E-state index is 0.319. The van der Waals surface area contributed by atoms with E-state index in [1.807, 2.05) is 6.92 Å². The molecule has 2 nitrogen and oxygen atoms in total. The largest absolute Gasteiger partial charge is 0.493 e. The molecule has 1 aromatic carbocycles. The molecule has 19 heavy (non-hydrogen) atoms. The fourth-order valence-electron chi connectivity index (χ4n) is 1.94. The lowest BCUT2D eigenvalue weighted by Crippen LogP contribution is -2.20. The van der Waals surface area contributed by atoms with Crippen LogP contribution >= 0.6 is 0 Å². The minimum atomic E-state index is 0.319. The highest BCUT2D eigenvalue weighted by molar-refractivity contribution is 5.39. The monoisotopic (exact) mass is 261 g/mol. The molecule has 0 radical (unpaired) electrons. The average Bonchev–Trinajstić information content (AvgIpc) is 2.37. The van der Waals surface area contributed by atoms with Crippen molar-refractivity contribution in [2.75, 3.05) is 13.2 Å². The summed E-state index contributed by atoms with van der Waals surface area (Å²) in [6, 6.07) is 6.71. The summed E-state index contributed by atoms with van der Waals surface area (Å²) < 4.78 is 5.90. The van der Waals surface area contributed by atoms with E-state index in [-0.39, 0.29) is 0 Å². The number of aryl methyl sites for hydroxylation is 1. The first-order valence-electron chi connectivity index (χ1n) is 7.15. The minimum Gasteiger partial charge on any atom is -0.493 e. The molecule has 1 atom stereocenters. The fraction of sp³-hybridized carbons (Fsp3) is 0.529. The van der Waals surface area contributed by atoms with Gasteiger partial charge in [-0.15, -0.1) is 6.58 Å². The van der Waals surface area contributed by atoms with Crippen molar-refractivity contribution in [2.45, 2.75) is 46.6 Å². The van der Waals surface area contributed by atoms with Crippen LogP contribution in [0.2, 0.25) is 0 Å². The molecule has 0 spiro atoms. The van der Waals surface area contributed by atoms with Crippen LogP contribution in [-0.4, -0.2) is 13.2 Å². The average molecular weight is 261 g/mol. The van der Waals surface area contributed by atoms with Gasteiger partial charge in [0, 0.05) is 18.0 Å². The highest BCUT2D eigenvalue weighted by Crippen LogP contribution is 2.26. The van der Waals surface area contributed by atoms with Crippen molar-refractivity contribution in [3.8, 4) is 5.75 Å². The third-order valence-electron chi connectivity index (χ3n) is 3.12. The van der Waals surface area contributed by atoms with E-state index in [1.165, 1.54) is 11.1 Å². The topological polar surface area (TPSA) is 21.3 Å². The Bertz CT molecular complexity index is 412. The second-order valence-electron chi connectivity index (χ2n) is 5.27. The molecule has 0 saturated carbocycles. The molecule has 0 aliphatic rings. The van der Waals surface area contributed by atoms with Gasteiger partial charge in [-0.3, -0.25) is 0 Å². The first kappa shape index (κ1) is 15.8. The van der Waals surface area contributed by atoms with Crippen molar-refractivity contribution in [3.05, 3.63) is 41.5 Å². The first-order valence-corrected chi connectivity index (χ1v) is 7.15. The van der Waals surface area contributed by atoms with Gasteiger partial charge in [0.2, 0.25) is 0 Å². The van der Waals surface area contributed by atoms with E-state index in [2.05, 4.69) is 50.9 Å². The Morgan fingerprint density at radius 1 is 1.42 bits per heavy atom. The van der Waals surface area contributed by atoms with Crippen LogP contribution < -0.4 is 10.1 Å². The van der Waals surface area contributed by atoms with Gasteiger partial charge in [0.1, 0.15) is 5.75 Å². The van der Waals surface area contributed by atoms with Gasteiger partial charge in [0.05, 0.1) is 6.61 Å². The molecule has 0 bridgehead atoms. The van der Waals surface area contributed by atoms with Crippen LogP contribution in [0.4, 0.5) is 0 Å². The molecule has 0 fully saturated rings. The summed E-state index contributed by atoms with van der Waals surface area (Å²) in [7, 11) is 0. The molecule has 0 saturated heterocycles. The second-order valence-corrected chi connectivity index (χ2v) is 5.27. The highest BCUT2D eigenvalue weighted by Gasteiger charge is 2.11. The summed E-state index contributed by atoms with van der Waals surface area (Å²) in [6.07, 6.45) is 2.05. The fourth-order valence-corrected chi connectivity index (χ4v) is 1.94. The number of ether oxygens (including phenoxy) is 1. The van der Waals surface area contributed by atoms with Gasteiger partial charge < -0.3 is 10.1 Å². The maximum atomic E-state index is 5.90. The summed E-state index contributed by atoms with van der Waals surface area (Å²) in [5.41, 5.74) is 3.67. The summed E-state index contributed by atoms with van der Waals surface area (Å²) in [5.74, 6) is 0.989. The third kappa shape index (κ3) is 5.48. The number of hydrogen-bond donors (Lipinski definition) is 1. The lowest BCUT2D eigenvalue weighted by atomic mass is 10.0. The van der Waals surface area contributed by atoms with Gasteiger partial charge in [-0.05, 0) is 39.8 Å². The van der Waals surface area contributed by atoms with Gasteiger partial charge in [0.25, 0.3) is 0 Å². The smallest absolute Gasteiger partial charge is 0.124 e. The van der Waals surface area contributed by atoms with Crippen molar-refractivity contribution in [1.29, 1.82) is 0 Å². The molecule has 0 amide bonds. The van der Waals surface area contributed by atoms with Crippen LogP contribution in [0.15, 0.2) is 30.4 Å². The number of hydrogen-bond acceptors (Lipinski definition) is 2. The van der Waals surface area contributed by atoms with E-state index in [1.54, 1.807) is 0 Å². The summed E-state index contributed by atoms with van der Waals surface area (Å²) in [6.45, 7) is 14.2. The number of benzene rings is 1. The Hall–Kier alpha value is -1.28. The van der Waals surface area contributed by atoms with E-state index in [9.17, 15) is 0 Å². The van der Waals surface area contributed by atoms with Crippen LogP contribution in [0.25, 0.3) is 0 Å². The molecule has 0 aliphatic heterocycles. The van der Waals surface area contributed by atoms with Crippen molar-refractivity contribution in [2.24, 2.45) is 0 Å². The van der Waals surface area contributed by atoms with E-state index in [0.29, 0.717) is 12.6 Å². The Morgan fingerprint density at radius 2 is 2.16 bits per heavy atom. The number of rotatable bonds is 8. The molecule has 0 heterocycles. The van der Waals surface area contributed by atoms with Crippen molar-refractivity contribution < 1.29 is 4.74 Å². The molecule has 106 valence electrons. The molecular formula is C17H27NO. The van der Waals surface area contributed by atoms with E-state index < -0.39 is 0 Å². The quantitative estimate of drug-likeness (QED) is 0.700. The summed E-state index contributed by atoms with van der Waals surface area (Å²) >= 11 is 0. The third-order valence-corrected chi connectivity index (χ3v) is 3.12. The van der Waals surface area contributed by atoms with Gasteiger partial charge in [-0.1, -0.05) is 30.2 Å². The van der Waals surface area contributed by atoms with Gasteiger partial charge >= 0.3 is 0 Å². The number of nitrogens with one attached hydrogen (secondary N) is 1. The van der Waals surface area contributed by atoms with Crippen LogP contribution in [0.5, 0.6) is 5.75 Å².